The molecule has 0 unspecified atom stereocenters. The maximum absolute atomic E-state index is 14.2. The van der Waals surface area contributed by atoms with Crippen LogP contribution in [0, 0.1) is 5.41 Å². The molecule has 0 radical (unpaired) electrons. The van der Waals surface area contributed by atoms with Gasteiger partial charge in [-0.15, -0.1) is 0 Å². The van der Waals surface area contributed by atoms with E-state index >= 15 is 0 Å². The first kappa shape index (κ1) is 25.0. The largest absolute Gasteiger partial charge is 0.416 e. The Balaban J connectivity index is 1.46. The van der Waals surface area contributed by atoms with Crippen LogP contribution in [0.1, 0.15) is 62.1 Å². The Labute approximate surface area is 223 Å². The highest BCUT2D eigenvalue weighted by Gasteiger charge is 2.64. The van der Waals surface area contributed by atoms with E-state index in [-0.39, 0.29) is 30.2 Å². The lowest BCUT2D eigenvalue weighted by atomic mass is 9.54. The van der Waals surface area contributed by atoms with Gasteiger partial charge in [0.05, 0.1) is 5.56 Å². The van der Waals surface area contributed by atoms with Crippen molar-refractivity contribution >= 4 is 17.3 Å². The Morgan fingerprint density at radius 2 is 1.00 bits per heavy atom. The molecule has 2 aliphatic rings. The lowest BCUT2D eigenvalue weighted by Crippen LogP contribution is -2.49. The molecule has 0 N–H and O–H groups in total. The van der Waals surface area contributed by atoms with Gasteiger partial charge in [0, 0.05) is 35.8 Å². The first-order chi connectivity index (χ1) is 18.7. The summed E-state index contributed by atoms with van der Waals surface area (Å²) in [5.41, 5.74) is 1.31. The van der Waals surface area contributed by atoms with E-state index in [9.17, 15) is 27.6 Å². The SMILES string of the molecule is O=C1C[C@H](c2ccccc2)C2(C(=O)c3ccccc3C2=O)[C@H](c2ccc(-c3ccc(C(F)(F)F)cc3)cc2)C1. The van der Waals surface area contributed by atoms with Gasteiger partial charge >= 0.3 is 6.18 Å². The summed E-state index contributed by atoms with van der Waals surface area (Å²) in [4.78, 5) is 41.6. The zero-order valence-corrected chi connectivity index (χ0v) is 20.7. The van der Waals surface area contributed by atoms with Gasteiger partial charge in [-0.2, -0.15) is 13.2 Å². The van der Waals surface area contributed by atoms with E-state index in [2.05, 4.69) is 0 Å². The molecule has 0 aliphatic heterocycles. The van der Waals surface area contributed by atoms with Crippen molar-refractivity contribution in [1.82, 2.24) is 0 Å². The molecule has 2 aliphatic carbocycles. The summed E-state index contributed by atoms with van der Waals surface area (Å²) in [5, 5.41) is 0. The van der Waals surface area contributed by atoms with Gasteiger partial charge < -0.3 is 0 Å². The Morgan fingerprint density at radius 1 is 0.564 bits per heavy atom. The monoisotopic (exact) mass is 524 g/mol. The second-order valence-electron chi connectivity index (χ2n) is 10.2. The summed E-state index contributed by atoms with van der Waals surface area (Å²) in [6.07, 6.45) is -4.28. The fraction of sp³-hybridized carbons (Fsp3) is 0.182. The van der Waals surface area contributed by atoms with Crippen molar-refractivity contribution < 1.29 is 27.6 Å². The van der Waals surface area contributed by atoms with Gasteiger partial charge in [0.2, 0.25) is 0 Å². The Kier molecular flexibility index (Phi) is 5.87. The molecule has 0 saturated heterocycles. The summed E-state index contributed by atoms with van der Waals surface area (Å²) in [5.74, 6) is -1.85. The average Bonchev–Trinajstić information content (AvgIpc) is 3.17. The van der Waals surface area contributed by atoms with Gasteiger partial charge in [-0.3, -0.25) is 14.4 Å². The van der Waals surface area contributed by atoms with E-state index in [1.54, 1.807) is 48.5 Å². The quantitative estimate of drug-likeness (QED) is 0.259. The predicted molar refractivity (Wildman–Crippen MR) is 141 cm³/mol. The van der Waals surface area contributed by atoms with Crippen LogP contribution >= 0.6 is 0 Å². The van der Waals surface area contributed by atoms with E-state index in [0.29, 0.717) is 27.8 Å². The van der Waals surface area contributed by atoms with Crippen molar-refractivity contribution in [2.45, 2.75) is 30.9 Å². The molecule has 4 aromatic rings. The lowest BCUT2D eigenvalue weighted by Gasteiger charge is -2.44. The summed E-state index contributed by atoms with van der Waals surface area (Å²) in [7, 11) is 0. The zero-order chi connectivity index (χ0) is 27.4. The molecule has 0 heterocycles. The van der Waals surface area contributed by atoms with Crippen molar-refractivity contribution in [3.8, 4) is 11.1 Å². The van der Waals surface area contributed by atoms with Crippen LogP contribution in [-0.2, 0) is 11.0 Å². The minimum atomic E-state index is -4.42. The highest BCUT2D eigenvalue weighted by atomic mass is 19.4. The number of alkyl halides is 3. The summed E-state index contributed by atoms with van der Waals surface area (Å²) >= 11 is 0. The van der Waals surface area contributed by atoms with Crippen LogP contribution in [0.2, 0.25) is 0 Å². The van der Waals surface area contributed by atoms with Crippen molar-refractivity contribution in [3.05, 3.63) is 131 Å². The highest BCUT2D eigenvalue weighted by molar-refractivity contribution is 6.31. The number of hydrogen-bond donors (Lipinski definition) is 0. The number of halogens is 3. The molecule has 1 saturated carbocycles. The van der Waals surface area contributed by atoms with Crippen LogP contribution in [0.3, 0.4) is 0 Å². The van der Waals surface area contributed by atoms with Crippen molar-refractivity contribution in [3.63, 3.8) is 0 Å². The molecular weight excluding hydrogens is 501 g/mol. The Morgan fingerprint density at radius 3 is 1.49 bits per heavy atom. The van der Waals surface area contributed by atoms with Gasteiger partial charge in [0.1, 0.15) is 11.2 Å². The fourth-order valence-electron chi connectivity index (χ4n) is 6.37. The van der Waals surface area contributed by atoms with Gasteiger partial charge in [-0.25, -0.2) is 0 Å². The maximum atomic E-state index is 14.2. The number of hydrogen-bond acceptors (Lipinski definition) is 3. The number of rotatable bonds is 3. The fourth-order valence-corrected chi connectivity index (χ4v) is 6.37. The minimum absolute atomic E-state index is 0.0251. The molecule has 194 valence electrons. The van der Waals surface area contributed by atoms with Gasteiger partial charge in [-0.1, -0.05) is 91.0 Å². The molecule has 1 fully saturated rings. The number of ketones is 3. The second kappa shape index (κ2) is 9.16. The molecular formula is C33H23F3O3. The maximum Gasteiger partial charge on any atom is 0.416 e. The van der Waals surface area contributed by atoms with Crippen LogP contribution in [-0.4, -0.2) is 17.3 Å². The molecule has 0 amide bonds. The molecule has 6 heteroatoms. The first-order valence-electron chi connectivity index (χ1n) is 12.7. The van der Waals surface area contributed by atoms with Crippen LogP contribution < -0.4 is 0 Å². The lowest BCUT2D eigenvalue weighted by molar-refractivity contribution is -0.137. The molecule has 2 atom stereocenters. The number of fused-ring (bicyclic) bond motifs is 1. The number of Topliss-reactive ketones (excluding diaryl/α,β-unsaturated/α-hetero) is 3. The van der Waals surface area contributed by atoms with Crippen molar-refractivity contribution in [2.75, 3.05) is 0 Å². The molecule has 0 bridgehead atoms. The third-order valence-electron chi connectivity index (χ3n) is 8.19. The highest BCUT2D eigenvalue weighted by Crippen LogP contribution is 2.60. The second-order valence-corrected chi connectivity index (χ2v) is 10.2. The number of carbonyl (C=O) groups excluding carboxylic acids is 3. The minimum Gasteiger partial charge on any atom is -0.300 e. The predicted octanol–water partition coefficient (Wildman–Crippen LogP) is 7.67. The first-order valence-corrected chi connectivity index (χ1v) is 12.7. The molecule has 39 heavy (non-hydrogen) atoms. The van der Waals surface area contributed by atoms with Crippen LogP contribution in [0.4, 0.5) is 13.2 Å². The third-order valence-corrected chi connectivity index (χ3v) is 8.19. The number of carbonyl (C=O) groups is 3. The van der Waals surface area contributed by atoms with Gasteiger partial charge in [0.25, 0.3) is 0 Å². The smallest absolute Gasteiger partial charge is 0.300 e. The summed E-state index contributed by atoms with van der Waals surface area (Å²) in [6.45, 7) is 0. The standard InChI is InChI=1S/C33H23F3O3/c34-33(35,36)24-16-14-21(15-17-24)20-10-12-23(13-11-20)29-19-25(37)18-28(22-6-2-1-3-7-22)32(29)30(38)26-8-4-5-9-27(26)31(32)39/h1-17,28-29H,18-19H2/t28-,29+/m1/s1. The topological polar surface area (TPSA) is 51.2 Å². The van der Waals surface area contributed by atoms with Gasteiger partial charge in [0.15, 0.2) is 11.6 Å². The van der Waals surface area contributed by atoms with Crippen LogP contribution in [0.25, 0.3) is 11.1 Å². The molecule has 3 nitrogen and oxygen atoms in total. The number of benzene rings is 4. The Bertz CT molecular complexity index is 1550. The van der Waals surface area contributed by atoms with E-state index in [4.69, 9.17) is 0 Å². The molecule has 6 rings (SSSR count). The van der Waals surface area contributed by atoms with Crippen LogP contribution in [0.5, 0.6) is 0 Å². The van der Waals surface area contributed by atoms with Crippen LogP contribution in [0.15, 0.2) is 103 Å². The molecule has 4 aromatic carbocycles. The third kappa shape index (κ3) is 3.94. The summed E-state index contributed by atoms with van der Waals surface area (Å²) in [6, 6.07) is 28.1. The van der Waals surface area contributed by atoms with E-state index < -0.39 is 29.0 Å². The zero-order valence-electron chi connectivity index (χ0n) is 20.7. The van der Waals surface area contributed by atoms with Crippen molar-refractivity contribution in [2.24, 2.45) is 5.41 Å². The van der Waals surface area contributed by atoms with Crippen molar-refractivity contribution in [1.29, 1.82) is 0 Å². The summed E-state index contributed by atoms with van der Waals surface area (Å²) < 4.78 is 39.0. The van der Waals surface area contributed by atoms with E-state index in [1.807, 2.05) is 30.3 Å². The molecule has 1 spiro atoms. The van der Waals surface area contributed by atoms with Gasteiger partial charge in [-0.05, 0) is 34.4 Å². The Hall–Kier alpha value is -4.32. The van der Waals surface area contributed by atoms with E-state index in [0.717, 1.165) is 17.7 Å². The average molecular weight is 525 g/mol. The normalized spacial score (nSPS) is 20.3. The molecule has 0 aromatic heterocycles. The van der Waals surface area contributed by atoms with E-state index in [1.165, 1.54) is 12.1 Å².